The Morgan fingerprint density at radius 2 is 1.32 bits per heavy atom. The first-order valence-electron chi connectivity index (χ1n) is 12.3. The van der Waals surface area contributed by atoms with Crippen LogP contribution in [0.5, 0.6) is 0 Å². The lowest BCUT2D eigenvalue weighted by molar-refractivity contribution is -0.133. The number of hydrogen-bond donors (Lipinski definition) is 3. The van der Waals surface area contributed by atoms with Crippen LogP contribution in [0.4, 0.5) is 4.79 Å². The summed E-state index contributed by atoms with van der Waals surface area (Å²) in [5.74, 6) is -2.26. The van der Waals surface area contributed by atoms with E-state index in [-0.39, 0.29) is 26.2 Å². The van der Waals surface area contributed by atoms with Gasteiger partial charge in [-0.2, -0.15) is 0 Å². The molecule has 0 saturated heterocycles. The Kier molecular flexibility index (Phi) is 10.6. The number of hydrogen-bond acceptors (Lipinski definition) is 5. The average molecular weight is 517 g/mol. The fourth-order valence-corrected chi connectivity index (χ4v) is 3.84. The van der Waals surface area contributed by atoms with Gasteiger partial charge in [0, 0.05) is 19.6 Å². The number of amides is 5. The summed E-state index contributed by atoms with van der Waals surface area (Å²) in [6.07, 6.45) is -1.83. The standard InChI is InChI=1S/C29H32N4O5/c30-26(35)18-27(36)33(17-16-22-10-4-1-5-11-22)29(38)32(20-24-14-8-3-9-15-24)21-25(34)28(37)31-19-23-12-6-2-7-13-23/h1-15,25,34H,16-21H2,(H2,30,35)(H,31,37)/t25-/m0/s1. The molecule has 38 heavy (non-hydrogen) atoms. The van der Waals surface area contributed by atoms with Crippen LogP contribution in [0.1, 0.15) is 23.1 Å². The van der Waals surface area contributed by atoms with E-state index in [9.17, 15) is 24.3 Å². The van der Waals surface area contributed by atoms with Crippen LogP contribution < -0.4 is 11.1 Å². The second kappa shape index (κ2) is 14.3. The predicted octanol–water partition coefficient (Wildman–Crippen LogP) is 2.23. The summed E-state index contributed by atoms with van der Waals surface area (Å²) in [5, 5.41) is 13.3. The number of aliphatic hydroxyl groups excluding tert-OH is 1. The van der Waals surface area contributed by atoms with Crippen molar-refractivity contribution in [2.24, 2.45) is 5.73 Å². The maximum Gasteiger partial charge on any atom is 0.327 e. The van der Waals surface area contributed by atoms with Crippen molar-refractivity contribution < 1.29 is 24.3 Å². The second-order valence-electron chi connectivity index (χ2n) is 8.79. The van der Waals surface area contributed by atoms with Crippen LogP contribution in [0.25, 0.3) is 0 Å². The van der Waals surface area contributed by atoms with Crippen molar-refractivity contribution in [1.82, 2.24) is 15.1 Å². The Morgan fingerprint density at radius 1 is 0.789 bits per heavy atom. The maximum atomic E-state index is 13.7. The fourth-order valence-electron chi connectivity index (χ4n) is 3.84. The number of urea groups is 1. The van der Waals surface area contributed by atoms with Crippen molar-refractivity contribution >= 4 is 23.8 Å². The summed E-state index contributed by atoms with van der Waals surface area (Å²) in [6, 6.07) is 26.8. The van der Waals surface area contributed by atoms with Crippen LogP contribution >= 0.6 is 0 Å². The van der Waals surface area contributed by atoms with Gasteiger partial charge in [0.15, 0.2) is 0 Å². The van der Waals surface area contributed by atoms with E-state index in [4.69, 9.17) is 5.73 Å². The number of nitrogens with two attached hydrogens (primary N) is 1. The smallest absolute Gasteiger partial charge is 0.327 e. The van der Waals surface area contributed by atoms with E-state index >= 15 is 0 Å². The molecule has 3 rings (SSSR count). The lowest BCUT2D eigenvalue weighted by atomic mass is 10.1. The summed E-state index contributed by atoms with van der Waals surface area (Å²) in [4.78, 5) is 52.9. The molecule has 0 aromatic heterocycles. The SMILES string of the molecule is NC(=O)CC(=O)N(CCc1ccccc1)C(=O)N(Cc1ccccc1)C[C@H](O)C(=O)NCc1ccccc1. The monoisotopic (exact) mass is 516 g/mol. The number of primary amides is 1. The lowest BCUT2D eigenvalue weighted by Crippen LogP contribution is -2.51. The Morgan fingerprint density at radius 3 is 1.87 bits per heavy atom. The number of carbonyl (C=O) groups excluding carboxylic acids is 4. The minimum Gasteiger partial charge on any atom is -0.381 e. The van der Waals surface area contributed by atoms with Gasteiger partial charge in [0.2, 0.25) is 11.8 Å². The van der Waals surface area contributed by atoms with Crippen molar-refractivity contribution in [1.29, 1.82) is 0 Å². The van der Waals surface area contributed by atoms with Gasteiger partial charge >= 0.3 is 6.03 Å². The summed E-state index contributed by atoms with van der Waals surface area (Å²) in [7, 11) is 0. The van der Waals surface area contributed by atoms with Crippen LogP contribution in [0.3, 0.4) is 0 Å². The van der Waals surface area contributed by atoms with E-state index < -0.39 is 36.3 Å². The van der Waals surface area contributed by atoms with E-state index in [2.05, 4.69) is 5.32 Å². The Bertz CT molecular complexity index is 1210. The van der Waals surface area contributed by atoms with Gasteiger partial charge in [0.05, 0.1) is 6.54 Å². The quantitative estimate of drug-likeness (QED) is 0.318. The van der Waals surface area contributed by atoms with Crippen molar-refractivity contribution in [2.75, 3.05) is 13.1 Å². The predicted molar refractivity (Wildman–Crippen MR) is 142 cm³/mol. The fraction of sp³-hybridized carbons (Fsp3) is 0.241. The molecular formula is C29H32N4O5. The second-order valence-corrected chi connectivity index (χ2v) is 8.79. The van der Waals surface area contributed by atoms with Crippen LogP contribution in [-0.2, 0) is 33.9 Å². The number of rotatable bonds is 12. The molecule has 0 fully saturated rings. The summed E-state index contributed by atoms with van der Waals surface area (Å²) in [5.41, 5.74) is 7.73. The molecule has 0 unspecified atom stereocenters. The number of aliphatic hydroxyl groups is 1. The zero-order valence-corrected chi connectivity index (χ0v) is 21.0. The molecular weight excluding hydrogens is 484 g/mol. The first-order chi connectivity index (χ1) is 18.3. The minimum atomic E-state index is -1.55. The highest BCUT2D eigenvalue weighted by Crippen LogP contribution is 2.12. The molecule has 0 saturated carbocycles. The molecule has 0 spiro atoms. The molecule has 0 radical (unpaired) electrons. The molecule has 0 bridgehead atoms. The number of benzene rings is 3. The first-order valence-corrected chi connectivity index (χ1v) is 12.3. The lowest BCUT2D eigenvalue weighted by Gasteiger charge is -2.31. The molecule has 4 N–H and O–H groups in total. The summed E-state index contributed by atoms with van der Waals surface area (Å²) >= 11 is 0. The third kappa shape index (κ3) is 8.86. The summed E-state index contributed by atoms with van der Waals surface area (Å²) in [6.45, 7) is -0.116. The van der Waals surface area contributed by atoms with Crippen LogP contribution in [0.2, 0.25) is 0 Å². The normalized spacial score (nSPS) is 11.3. The molecule has 9 nitrogen and oxygen atoms in total. The average Bonchev–Trinajstić information content (AvgIpc) is 2.92. The van der Waals surface area contributed by atoms with Crippen LogP contribution in [0, 0.1) is 0 Å². The molecule has 0 heterocycles. The van der Waals surface area contributed by atoms with Gasteiger partial charge < -0.3 is 21.1 Å². The highest BCUT2D eigenvalue weighted by molar-refractivity contribution is 6.03. The Labute approximate surface area is 221 Å². The molecule has 9 heteroatoms. The zero-order chi connectivity index (χ0) is 27.3. The largest absolute Gasteiger partial charge is 0.381 e. The van der Waals surface area contributed by atoms with Crippen molar-refractivity contribution in [3.63, 3.8) is 0 Å². The molecule has 0 aliphatic heterocycles. The Balaban J connectivity index is 1.78. The molecule has 1 atom stereocenters. The van der Waals surface area contributed by atoms with E-state index in [0.717, 1.165) is 21.6 Å². The van der Waals surface area contributed by atoms with Crippen molar-refractivity contribution in [3.05, 3.63) is 108 Å². The van der Waals surface area contributed by atoms with Gasteiger partial charge in [-0.05, 0) is 23.1 Å². The first kappa shape index (κ1) is 28.1. The van der Waals surface area contributed by atoms with E-state index in [1.807, 2.05) is 66.7 Å². The van der Waals surface area contributed by atoms with Gasteiger partial charge in [-0.25, -0.2) is 4.79 Å². The van der Waals surface area contributed by atoms with Gasteiger partial charge in [0.1, 0.15) is 12.5 Å². The molecule has 0 aliphatic carbocycles. The summed E-state index contributed by atoms with van der Waals surface area (Å²) < 4.78 is 0. The van der Waals surface area contributed by atoms with Crippen LogP contribution in [-0.4, -0.2) is 57.9 Å². The third-order valence-corrected chi connectivity index (χ3v) is 5.82. The highest BCUT2D eigenvalue weighted by Gasteiger charge is 2.30. The number of carbonyl (C=O) groups is 4. The van der Waals surface area contributed by atoms with Crippen LogP contribution in [0.15, 0.2) is 91.0 Å². The van der Waals surface area contributed by atoms with Gasteiger partial charge in [-0.15, -0.1) is 0 Å². The minimum absolute atomic E-state index is 0.00342. The van der Waals surface area contributed by atoms with Gasteiger partial charge in [0.25, 0.3) is 5.91 Å². The molecule has 3 aromatic rings. The number of nitrogens with zero attached hydrogens (tertiary/aromatic N) is 2. The molecule has 5 amide bonds. The zero-order valence-electron chi connectivity index (χ0n) is 21.0. The molecule has 198 valence electrons. The van der Waals surface area contributed by atoms with Gasteiger partial charge in [-0.3, -0.25) is 19.3 Å². The maximum absolute atomic E-state index is 13.7. The Hall–Kier alpha value is -4.50. The molecule has 3 aromatic carbocycles. The van der Waals surface area contributed by atoms with E-state index in [1.54, 1.807) is 24.3 Å². The topological polar surface area (TPSA) is 133 Å². The third-order valence-electron chi connectivity index (χ3n) is 5.82. The molecule has 0 aliphatic rings. The van der Waals surface area contributed by atoms with E-state index in [1.165, 1.54) is 4.90 Å². The number of imide groups is 1. The van der Waals surface area contributed by atoms with Crippen molar-refractivity contribution in [3.8, 4) is 0 Å². The van der Waals surface area contributed by atoms with Crippen molar-refractivity contribution in [2.45, 2.75) is 32.0 Å². The van der Waals surface area contributed by atoms with E-state index in [0.29, 0.717) is 6.42 Å². The highest BCUT2D eigenvalue weighted by atomic mass is 16.3. The van der Waals surface area contributed by atoms with Gasteiger partial charge in [-0.1, -0.05) is 91.0 Å². The number of nitrogens with one attached hydrogen (secondary N) is 1.